The number of esters is 3. The lowest BCUT2D eigenvalue weighted by Crippen LogP contribution is -2.33. The third-order valence-electron chi connectivity index (χ3n) is 3.43. The second kappa shape index (κ2) is 12.5. The summed E-state index contributed by atoms with van der Waals surface area (Å²) in [6, 6.07) is 0. The number of rotatable bonds is 12. The van der Waals surface area contributed by atoms with E-state index >= 15 is 0 Å². The Morgan fingerprint density at radius 2 is 1.58 bits per heavy atom. The van der Waals surface area contributed by atoms with Gasteiger partial charge in [0.25, 0.3) is 0 Å². The van der Waals surface area contributed by atoms with Crippen molar-refractivity contribution >= 4 is 17.9 Å². The zero-order chi connectivity index (χ0) is 20.2. The topological polar surface area (TPSA) is 78.9 Å². The predicted molar refractivity (Wildman–Crippen MR) is 99.5 cm³/mol. The molecule has 0 heterocycles. The Morgan fingerprint density at radius 1 is 1.00 bits per heavy atom. The van der Waals surface area contributed by atoms with Crippen LogP contribution in [0, 0.1) is 0 Å². The van der Waals surface area contributed by atoms with Gasteiger partial charge in [-0.2, -0.15) is 0 Å². The van der Waals surface area contributed by atoms with E-state index in [1.807, 2.05) is 0 Å². The van der Waals surface area contributed by atoms with E-state index in [0.29, 0.717) is 6.61 Å². The molecule has 0 aromatic rings. The van der Waals surface area contributed by atoms with Crippen LogP contribution in [0.15, 0.2) is 12.2 Å². The van der Waals surface area contributed by atoms with Crippen molar-refractivity contribution in [3.63, 3.8) is 0 Å². The SMILES string of the molecule is C=C(CC(=O)OCCCCCCCC)C(=O)OC(C)C(=O)OC(C)(C)C. The van der Waals surface area contributed by atoms with E-state index in [1.165, 1.54) is 26.2 Å². The lowest BCUT2D eigenvalue weighted by Gasteiger charge is -2.22. The minimum atomic E-state index is -1.07. The first-order valence-electron chi connectivity index (χ1n) is 9.34. The van der Waals surface area contributed by atoms with Gasteiger partial charge in [0, 0.05) is 5.57 Å². The molecule has 0 aliphatic carbocycles. The van der Waals surface area contributed by atoms with Crippen molar-refractivity contribution in [2.45, 2.75) is 91.3 Å². The Balaban J connectivity index is 4.04. The molecule has 6 nitrogen and oxygen atoms in total. The monoisotopic (exact) mass is 370 g/mol. The second-order valence-corrected chi connectivity index (χ2v) is 7.35. The van der Waals surface area contributed by atoms with Gasteiger partial charge in [-0.1, -0.05) is 45.6 Å². The standard InChI is InChI=1S/C20H34O6/c1-7-8-9-10-11-12-13-24-17(21)14-15(2)18(22)25-16(3)19(23)26-20(4,5)6/h16H,2,7-14H2,1,3-6H3. The van der Waals surface area contributed by atoms with Crippen molar-refractivity contribution in [2.75, 3.05) is 6.61 Å². The van der Waals surface area contributed by atoms with Gasteiger partial charge < -0.3 is 14.2 Å². The fourth-order valence-electron chi connectivity index (χ4n) is 2.04. The molecule has 26 heavy (non-hydrogen) atoms. The van der Waals surface area contributed by atoms with Gasteiger partial charge in [0.15, 0.2) is 6.10 Å². The molecule has 1 unspecified atom stereocenters. The predicted octanol–water partition coefficient (Wildman–Crippen LogP) is 4.11. The molecule has 0 aliphatic heterocycles. The molecular formula is C20H34O6. The molecule has 0 bridgehead atoms. The summed E-state index contributed by atoms with van der Waals surface area (Å²) in [4.78, 5) is 35.4. The molecule has 0 saturated heterocycles. The number of unbranched alkanes of at least 4 members (excludes halogenated alkanes) is 5. The van der Waals surface area contributed by atoms with Crippen molar-refractivity contribution in [2.24, 2.45) is 0 Å². The van der Waals surface area contributed by atoms with Crippen LogP contribution in [0.3, 0.4) is 0 Å². The van der Waals surface area contributed by atoms with Gasteiger partial charge in [-0.25, -0.2) is 9.59 Å². The van der Waals surface area contributed by atoms with E-state index in [0.717, 1.165) is 19.3 Å². The first-order chi connectivity index (χ1) is 12.1. The highest BCUT2D eigenvalue weighted by Gasteiger charge is 2.26. The Hall–Kier alpha value is -1.85. The molecule has 0 aliphatic rings. The highest BCUT2D eigenvalue weighted by Crippen LogP contribution is 2.12. The van der Waals surface area contributed by atoms with E-state index in [2.05, 4.69) is 13.5 Å². The number of ether oxygens (including phenoxy) is 3. The Bertz CT molecular complexity index is 475. The first kappa shape index (κ1) is 24.1. The van der Waals surface area contributed by atoms with Gasteiger partial charge in [-0.05, 0) is 34.1 Å². The van der Waals surface area contributed by atoms with Crippen molar-refractivity contribution in [3.8, 4) is 0 Å². The molecule has 0 N–H and O–H groups in total. The maximum atomic E-state index is 11.9. The van der Waals surface area contributed by atoms with Crippen LogP contribution in [0.5, 0.6) is 0 Å². The summed E-state index contributed by atoms with van der Waals surface area (Å²) in [6.07, 6.45) is 5.25. The Morgan fingerprint density at radius 3 is 2.15 bits per heavy atom. The summed E-state index contributed by atoms with van der Waals surface area (Å²) >= 11 is 0. The molecule has 150 valence electrons. The molecule has 0 saturated carbocycles. The van der Waals surface area contributed by atoms with Gasteiger partial charge in [-0.15, -0.1) is 0 Å². The number of hydrogen-bond donors (Lipinski definition) is 0. The molecule has 1 atom stereocenters. The van der Waals surface area contributed by atoms with E-state index in [-0.39, 0.29) is 12.0 Å². The molecule has 6 heteroatoms. The fourth-order valence-corrected chi connectivity index (χ4v) is 2.04. The second-order valence-electron chi connectivity index (χ2n) is 7.35. The summed E-state index contributed by atoms with van der Waals surface area (Å²) in [5.74, 6) is -1.98. The maximum absolute atomic E-state index is 11.9. The van der Waals surface area contributed by atoms with Gasteiger partial charge in [0.1, 0.15) is 5.60 Å². The van der Waals surface area contributed by atoms with Crippen LogP contribution in [0.4, 0.5) is 0 Å². The van der Waals surface area contributed by atoms with Gasteiger partial charge in [0.05, 0.1) is 13.0 Å². The van der Waals surface area contributed by atoms with E-state index in [9.17, 15) is 14.4 Å². The van der Waals surface area contributed by atoms with Crippen LogP contribution < -0.4 is 0 Å². The first-order valence-corrected chi connectivity index (χ1v) is 9.34. The van der Waals surface area contributed by atoms with E-state index in [4.69, 9.17) is 14.2 Å². The van der Waals surface area contributed by atoms with E-state index < -0.39 is 29.6 Å². The average molecular weight is 370 g/mol. The lowest BCUT2D eigenvalue weighted by molar-refractivity contribution is -0.172. The molecule has 0 spiro atoms. The minimum absolute atomic E-state index is 0.0478. The third kappa shape index (κ3) is 12.5. The molecule has 0 fully saturated rings. The smallest absolute Gasteiger partial charge is 0.347 e. The molecule has 0 aromatic heterocycles. The zero-order valence-corrected chi connectivity index (χ0v) is 16.9. The normalized spacial score (nSPS) is 12.2. The summed E-state index contributed by atoms with van der Waals surface area (Å²) in [6.45, 7) is 12.6. The van der Waals surface area contributed by atoms with Crippen LogP contribution >= 0.6 is 0 Å². The van der Waals surface area contributed by atoms with Crippen molar-refractivity contribution < 1.29 is 28.6 Å². The molecule has 0 amide bonds. The van der Waals surface area contributed by atoms with Crippen LogP contribution in [0.1, 0.15) is 79.6 Å². The van der Waals surface area contributed by atoms with Gasteiger partial charge in [0.2, 0.25) is 0 Å². The zero-order valence-electron chi connectivity index (χ0n) is 16.9. The van der Waals surface area contributed by atoms with Crippen LogP contribution in [-0.2, 0) is 28.6 Å². The summed E-state index contributed by atoms with van der Waals surface area (Å²) < 4.78 is 15.2. The molecule has 0 rings (SSSR count). The quantitative estimate of drug-likeness (QED) is 0.223. The number of hydrogen-bond acceptors (Lipinski definition) is 6. The highest BCUT2D eigenvalue weighted by atomic mass is 16.6. The number of carbonyl (C=O) groups is 3. The van der Waals surface area contributed by atoms with Crippen LogP contribution in [-0.4, -0.2) is 36.2 Å². The van der Waals surface area contributed by atoms with E-state index in [1.54, 1.807) is 20.8 Å². The van der Waals surface area contributed by atoms with Crippen molar-refractivity contribution in [1.82, 2.24) is 0 Å². The highest BCUT2D eigenvalue weighted by molar-refractivity contribution is 5.94. The number of carbonyl (C=O) groups excluding carboxylic acids is 3. The Labute approximate surface area is 157 Å². The van der Waals surface area contributed by atoms with Crippen LogP contribution in [0.25, 0.3) is 0 Å². The summed E-state index contributed by atoms with van der Waals surface area (Å²) in [5.41, 5.74) is -0.719. The third-order valence-corrected chi connectivity index (χ3v) is 3.43. The molecule has 0 radical (unpaired) electrons. The Kier molecular flexibility index (Phi) is 11.6. The van der Waals surface area contributed by atoms with Crippen LogP contribution in [0.2, 0.25) is 0 Å². The largest absolute Gasteiger partial charge is 0.465 e. The molecular weight excluding hydrogens is 336 g/mol. The average Bonchev–Trinajstić information content (AvgIpc) is 2.52. The molecule has 0 aromatic carbocycles. The summed E-state index contributed by atoms with van der Waals surface area (Å²) in [5, 5.41) is 0. The maximum Gasteiger partial charge on any atom is 0.347 e. The minimum Gasteiger partial charge on any atom is -0.465 e. The van der Waals surface area contributed by atoms with Crippen molar-refractivity contribution in [1.29, 1.82) is 0 Å². The van der Waals surface area contributed by atoms with Crippen molar-refractivity contribution in [3.05, 3.63) is 12.2 Å². The van der Waals surface area contributed by atoms with Gasteiger partial charge in [-0.3, -0.25) is 4.79 Å². The fraction of sp³-hybridized carbons (Fsp3) is 0.750. The van der Waals surface area contributed by atoms with Gasteiger partial charge >= 0.3 is 17.9 Å². The lowest BCUT2D eigenvalue weighted by atomic mass is 10.1. The summed E-state index contributed by atoms with van der Waals surface area (Å²) in [7, 11) is 0.